The van der Waals surface area contributed by atoms with E-state index in [4.69, 9.17) is 0 Å². The molecule has 0 aromatic carbocycles. The van der Waals surface area contributed by atoms with E-state index in [2.05, 4.69) is 4.98 Å². The molecule has 0 atom stereocenters. The van der Waals surface area contributed by atoms with E-state index in [-0.39, 0.29) is 11.8 Å². The minimum Gasteiger partial charge on any atom is -0.341 e. The Balaban J connectivity index is 1.48. The summed E-state index contributed by atoms with van der Waals surface area (Å²) in [6.45, 7) is 2.56. The molecule has 2 amide bonds. The summed E-state index contributed by atoms with van der Waals surface area (Å²) >= 11 is 0. The second-order valence-electron chi connectivity index (χ2n) is 6.42. The number of aromatic nitrogens is 2. The fourth-order valence-corrected chi connectivity index (χ4v) is 3.07. The molecule has 6 nitrogen and oxygen atoms in total. The molecule has 2 fully saturated rings. The Morgan fingerprint density at radius 1 is 1.22 bits per heavy atom. The Hall–Kier alpha value is -2.37. The topological polar surface area (TPSA) is 57.9 Å². The molecule has 23 heavy (non-hydrogen) atoms. The third kappa shape index (κ3) is 2.93. The van der Waals surface area contributed by atoms with Crippen LogP contribution >= 0.6 is 0 Å². The number of hydrogen-bond acceptors (Lipinski definition) is 3. The van der Waals surface area contributed by atoms with Crippen molar-refractivity contribution in [3.8, 4) is 0 Å². The van der Waals surface area contributed by atoms with Crippen molar-refractivity contribution in [3.05, 3.63) is 36.3 Å². The van der Waals surface area contributed by atoms with Crippen molar-refractivity contribution in [3.63, 3.8) is 0 Å². The highest BCUT2D eigenvalue weighted by molar-refractivity contribution is 5.93. The second kappa shape index (κ2) is 5.68. The Labute approximate surface area is 134 Å². The predicted octanol–water partition coefficient (Wildman–Crippen LogP) is 1.42. The van der Waals surface area contributed by atoms with Crippen LogP contribution in [0.2, 0.25) is 0 Å². The quantitative estimate of drug-likeness (QED) is 0.861. The van der Waals surface area contributed by atoms with Gasteiger partial charge in [0.05, 0.1) is 0 Å². The summed E-state index contributed by atoms with van der Waals surface area (Å²) in [4.78, 5) is 33.0. The van der Waals surface area contributed by atoms with Crippen LogP contribution in [0.3, 0.4) is 0 Å². The highest BCUT2D eigenvalue weighted by Crippen LogP contribution is 2.30. The van der Waals surface area contributed by atoms with E-state index < -0.39 is 0 Å². The van der Waals surface area contributed by atoms with E-state index in [9.17, 15) is 9.59 Å². The van der Waals surface area contributed by atoms with E-state index in [0.29, 0.717) is 37.7 Å². The van der Waals surface area contributed by atoms with Crippen LogP contribution in [-0.2, 0) is 4.79 Å². The Kier molecular flexibility index (Phi) is 3.52. The molecule has 0 bridgehead atoms. The van der Waals surface area contributed by atoms with Crippen LogP contribution in [0.15, 0.2) is 30.6 Å². The fraction of sp³-hybridized carbons (Fsp3) is 0.471. The zero-order chi connectivity index (χ0) is 15.8. The van der Waals surface area contributed by atoms with Crippen LogP contribution < -0.4 is 0 Å². The number of fused-ring (bicyclic) bond motifs is 1. The highest BCUT2D eigenvalue weighted by atomic mass is 16.2. The first-order valence-electron chi connectivity index (χ1n) is 8.21. The van der Waals surface area contributed by atoms with Crippen molar-refractivity contribution in [2.24, 2.45) is 5.92 Å². The van der Waals surface area contributed by atoms with E-state index in [1.165, 1.54) is 12.8 Å². The lowest BCUT2D eigenvalue weighted by atomic mass is 10.3. The molecule has 2 aromatic heterocycles. The molecular weight excluding hydrogens is 292 g/mol. The largest absolute Gasteiger partial charge is 0.341 e. The lowest BCUT2D eigenvalue weighted by Gasteiger charge is -2.21. The van der Waals surface area contributed by atoms with Crippen LogP contribution in [0.25, 0.3) is 5.65 Å². The van der Waals surface area contributed by atoms with E-state index >= 15 is 0 Å². The van der Waals surface area contributed by atoms with E-state index in [0.717, 1.165) is 12.2 Å². The van der Waals surface area contributed by atoms with Gasteiger partial charge in [0.2, 0.25) is 5.91 Å². The number of carbonyl (C=O) groups is 2. The minimum absolute atomic E-state index is 0.0882. The normalized spacial score (nSPS) is 19.2. The molecule has 4 rings (SSSR count). The van der Waals surface area contributed by atoms with Gasteiger partial charge in [-0.15, -0.1) is 0 Å². The van der Waals surface area contributed by atoms with Crippen molar-refractivity contribution < 1.29 is 9.59 Å². The molecule has 120 valence electrons. The molecule has 0 N–H and O–H groups in total. The lowest BCUT2D eigenvalue weighted by molar-refractivity contribution is -0.130. The third-order valence-corrected chi connectivity index (χ3v) is 4.63. The summed E-state index contributed by atoms with van der Waals surface area (Å²) in [5.74, 6) is 0.761. The summed E-state index contributed by atoms with van der Waals surface area (Å²) in [5.41, 5.74) is 1.21. The summed E-state index contributed by atoms with van der Waals surface area (Å²) in [6.07, 6.45) is 6.50. The number of hydrogen-bond donors (Lipinski definition) is 0. The van der Waals surface area contributed by atoms with Crippen LogP contribution in [0.1, 0.15) is 29.8 Å². The number of pyridine rings is 1. The molecule has 3 heterocycles. The van der Waals surface area contributed by atoms with Crippen molar-refractivity contribution >= 4 is 17.5 Å². The summed E-state index contributed by atoms with van der Waals surface area (Å²) in [5, 5.41) is 0. The number of imidazole rings is 1. The van der Waals surface area contributed by atoms with Gasteiger partial charge in [-0.1, -0.05) is 6.07 Å². The molecule has 2 aromatic rings. The zero-order valence-corrected chi connectivity index (χ0v) is 13.0. The highest BCUT2D eigenvalue weighted by Gasteiger charge is 2.30. The van der Waals surface area contributed by atoms with Gasteiger partial charge in [0.15, 0.2) is 0 Å². The second-order valence-corrected chi connectivity index (χ2v) is 6.42. The van der Waals surface area contributed by atoms with Crippen molar-refractivity contribution in [1.29, 1.82) is 0 Å². The molecule has 2 aliphatic rings. The summed E-state index contributed by atoms with van der Waals surface area (Å²) < 4.78 is 1.84. The molecule has 0 spiro atoms. The maximum Gasteiger partial charge on any atom is 0.274 e. The Morgan fingerprint density at radius 3 is 2.87 bits per heavy atom. The van der Waals surface area contributed by atoms with Gasteiger partial charge in [-0.05, 0) is 30.9 Å². The Morgan fingerprint density at radius 2 is 2.09 bits per heavy atom. The molecule has 1 aliphatic carbocycles. The molecule has 1 saturated carbocycles. The van der Waals surface area contributed by atoms with Gasteiger partial charge in [-0.3, -0.25) is 9.59 Å². The van der Waals surface area contributed by atoms with Gasteiger partial charge in [-0.25, -0.2) is 4.98 Å². The van der Waals surface area contributed by atoms with Crippen LogP contribution in [0, 0.1) is 5.92 Å². The number of carbonyl (C=O) groups excluding carboxylic acids is 2. The minimum atomic E-state index is -0.0882. The summed E-state index contributed by atoms with van der Waals surface area (Å²) in [7, 11) is 0. The average Bonchev–Trinajstić information content (AvgIpc) is 3.30. The van der Waals surface area contributed by atoms with Gasteiger partial charge in [0.25, 0.3) is 5.91 Å². The maximum absolute atomic E-state index is 12.7. The number of rotatable bonds is 3. The van der Waals surface area contributed by atoms with Crippen molar-refractivity contribution in [2.75, 3.05) is 26.2 Å². The van der Waals surface area contributed by atoms with Crippen LogP contribution in [0.5, 0.6) is 0 Å². The van der Waals surface area contributed by atoms with Gasteiger partial charge in [-0.2, -0.15) is 0 Å². The molecule has 0 radical (unpaired) electrons. The van der Waals surface area contributed by atoms with E-state index in [1.807, 2.05) is 33.7 Å². The number of nitrogens with zero attached hydrogens (tertiary/aromatic N) is 4. The summed E-state index contributed by atoms with van der Waals surface area (Å²) in [6, 6.07) is 5.68. The molecule has 0 unspecified atom stereocenters. The van der Waals surface area contributed by atoms with Gasteiger partial charge in [0, 0.05) is 45.0 Å². The standard InChI is InChI=1S/C17H20N4O2/c22-16-6-8-19(9-10-21(16)11-13-4-5-13)17(23)14-12-20-7-2-1-3-15(20)18-14/h1-3,7,12-13H,4-6,8-11H2. The molecule has 6 heteroatoms. The third-order valence-electron chi connectivity index (χ3n) is 4.63. The fourth-order valence-electron chi connectivity index (χ4n) is 3.07. The first kappa shape index (κ1) is 14.2. The zero-order valence-electron chi connectivity index (χ0n) is 13.0. The molecule has 1 saturated heterocycles. The van der Waals surface area contributed by atoms with Crippen LogP contribution in [-0.4, -0.2) is 57.2 Å². The van der Waals surface area contributed by atoms with Crippen molar-refractivity contribution in [2.45, 2.75) is 19.3 Å². The maximum atomic E-state index is 12.7. The van der Waals surface area contributed by atoms with Crippen molar-refractivity contribution in [1.82, 2.24) is 19.2 Å². The van der Waals surface area contributed by atoms with Gasteiger partial charge >= 0.3 is 0 Å². The first-order valence-corrected chi connectivity index (χ1v) is 8.21. The van der Waals surface area contributed by atoms with Crippen LogP contribution in [0.4, 0.5) is 0 Å². The van der Waals surface area contributed by atoms with Gasteiger partial charge < -0.3 is 14.2 Å². The van der Waals surface area contributed by atoms with E-state index in [1.54, 1.807) is 11.1 Å². The molecule has 1 aliphatic heterocycles. The molecular formula is C17H20N4O2. The predicted molar refractivity (Wildman–Crippen MR) is 85.0 cm³/mol. The first-order chi connectivity index (χ1) is 11.2. The smallest absolute Gasteiger partial charge is 0.274 e. The number of amides is 2. The SMILES string of the molecule is O=C1CCN(C(=O)c2cn3ccccc3n2)CCN1CC1CC1. The Bertz CT molecular complexity index is 717. The lowest BCUT2D eigenvalue weighted by Crippen LogP contribution is -2.36. The average molecular weight is 312 g/mol. The monoisotopic (exact) mass is 312 g/mol. The van der Waals surface area contributed by atoms with Gasteiger partial charge in [0.1, 0.15) is 11.3 Å².